The Balaban J connectivity index is 2.02. The van der Waals surface area contributed by atoms with Crippen LogP contribution in [0.4, 0.5) is 0 Å². The van der Waals surface area contributed by atoms with E-state index in [1.165, 1.54) is 16.7 Å². The van der Waals surface area contributed by atoms with Crippen LogP contribution in [0.5, 0.6) is 0 Å². The number of nitrogens with one attached hydrogen (secondary N) is 1. The minimum Gasteiger partial charge on any atom is -0.384 e. The molecule has 0 aromatic carbocycles. The van der Waals surface area contributed by atoms with Crippen molar-refractivity contribution in [1.82, 2.24) is 5.32 Å². The molecule has 0 heterocycles. The van der Waals surface area contributed by atoms with E-state index in [-0.39, 0.29) is 0 Å². The van der Waals surface area contributed by atoms with E-state index in [1.54, 1.807) is 0 Å². The van der Waals surface area contributed by atoms with Gasteiger partial charge in [0, 0.05) is 18.2 Å². The highest BCUT2D eigenvalue weighted by molar-refractivity contribution is 5.41. The van der Waals surface area contributed by atoms with Gasteiger partial charge in [0.1, 0.15) is 0 Å². The van der Waals surface area contributed by atoms with Gasteiger partial charge in [-0.05, 0) is 32.3 Å². The van der Waals surface area contributed by atoms with Crippen molar-refractivity contribution in [3.63, 3.8) is 0 Å². The fourth-order valence-corrected chi connectivity index (χ4v) is 2.68. The molecule has 0 aliphatic heterocycles. The quantitative estimate of drug-likeness (QED) is 0.647. The predicted octanol–water partition coefficient (Wildman–Crippen LogP) is 5.00. The molecular weight excluding hydrogens is 254 g/mol. The third-order valence-corrected chi connectivity index (χ3v) is 3.99. The molecule has 1 N–H and O–H groups in total. The van der Waals surface area contributed by atoms with Gasteiger partial charge in [0.25, 0.3) is 0 Å². The summed E-state index contributed by atoms with van der Waals surface area (Å²) in [5.41, 5.74) is 5.12. The fourth-order valence-electron chi connectivity index (χ4n) is 2.68. The molecule has 21 heavy (non-hydrogen) atoms. The van der Waals surface area contributed by atoms with E-state index in [9.17, 15) is 0 Å². The summed E-state index contributed by atoms with van der Waals surface area (Å²) in [6.45, 7) is 9.32. The summed E-state index contributed by atoms with van der Waals surface area (Å²) < 4.78 is 0. The minimum absolute atomic E-state index is 0.430. The van der Waals surface area contributed by atoms with Crippen molar-refractivity contribution in [2.45, 2.75) is 26.7 Å². The molecule has 0 saturated carbocycles. The van der Waals surface area contributed by atoms with E-state index in [1.807, 2.05) is 6.92 Å². The average Bonchev–Trinajstić information content (AvgIpc) is 3.17. The Morgan fingerprint density at radius 1 is 1.43 bits per heavy atom. The van der Waals surface area contributed by atoms with E-state index in [0.717, 1.165) is 25.1 Å². The molecule has 2 aliphatic carbocycles. The molecule has 2 aliphatic rings. The molecule has 1 unspecified atom stereocenters. The maximum atomic E-state index is 4.16. The van der Waals surface area contributed by atoms with Crippen molar-refractivity contribution in [2.75, 3.05) is 6.54 Å². The zero-order valence-corrected chi connectivity index (χ0v) is 13.1. The summed E-state index contributed by atoms with van der Waals surface area (Å²) in [6, 6.07) is 0. The largest absolute Gasteiger partial charge is 0.384 e. The SMILES string of the molecule is C=C(NCC(C1=CC=CC1)/C(C)=C/C=C\C)C1=CCC=C1. The molecule has 110 valence electrons. The molecule has 0 aromatic heterocycles. The van der Waals surface area contributed by atoms with Crippen LogP contribution in [-0.2, 0) is 0 Å². The summed E-state index contributed by atoms with van der Waals surface area (Å²) in [5.74, 6) is 0.430. The lowest BCUT2D eigenvalue weighted by Crippen LogP contribution is -2.24. The van der Waals surface area contributed by atoms with Crippen LogP contribution in [0.1, 0.15) is 26.7 Å². The number of allylic oxidation sites excluding steroid dienone is 9. The summed E-state index contributed by atoms with van der Waals surface area (Å²) in [6.07, 6.45) is 21.6. The molecule has 2 rings (SSSR count). The van der Waals surface area contributed by atoms with Crippen molar-refractivity contribution >= 4 is 0 Å². The standard InChI is InChI=1S/C20H25N/c1-4-5-10-16(2)20(19-13-8-9-14-19)15-21-17(3)18-11-6-7-12-18/h4-6,8-13,20-21H,3,7,14-15H2,1-2H3/b5-4-,16-10+. The van der Waals surface area contributed by atoms with Crippen LogP contribution in [0.3, 0.4) is 0 Å². The monoisotopic (exact) mass is 279 g/mol. The molecule has 1 heteroatoms. The molecule has 0 bridgehead atoms. The molecule has 1 atom stereocenters. The van der Waals surface area contributed by atoms with Crippen LogP contribution < -0.4 is 5.32 Å². The van der Waals surface area contributed by atoms with Crippen LogP contribution in [-0.4, -0.2) is 6.54 Å². The summed E-state index contributed by atoms with van der Waals surface area (Å²) >= 11 is 0. The van der Waals surface area contributed by atoms with Crippen LogP contribution in [0.15, 0.2) is 83.7 Å². The van der Waals surface area contributed by atoms with E-state index in [4.69, 9.17) is 0 Å². The highest BCUT2D eigenvalue weighted by Crippen LogP contribution is 2.27. The fraction of sp³-hybridized carbons (Fsp3) is 0.300. The highest BCUT2D eigenvalue weighted by atomic mass is 14.9. The van der Waals surface area contributed by atoms with Crippen molar-refractivity contribution in [2.24, 2.45) is 5.92 Å². The normalized spacial score (nSPS) is 19.0. The van der Waals surface area contributed by atoms with Gasteiger partial charge in [-0.1, -0.05) is 72.4 Å². The van der Waals surface area contributed by atoms with Crippen LogP contribution in [0, 0.1) is 5.92 Å². The average molecular weight is 279 g/mol. The van der Waals surface area contributed by atoms with Crippen molar-refractivity contribution in [3.8, 4) is 0 Å². The molecule has 0 aromatic rings. The second kappa shape index (κ2) is 7.68. The third kappa shape index (κ3) is 4.22. The first kappa shape index (κ1) is 15.4. The highest BCUT2D eigenvalue weighted by Gasteiger charge is 2.17. The van der Waals surface area contributed by atoms with E-state index < -0.39 is 0 Å². The van der Waals surface area contributed by atoms with Crippen LogP contribution in [0.25, 0.3) is 0 Å². The van der Waals surface area contributed by atoms with Crippen molar-refractivity contribution in [3.05, 3.63) is 83.7 Å². The first-order valence-electron chi connectivity index (χ1n) is 7.67. The minimum atomic E-state index is 0.430. The maximum Gasteiger partial charge on any atom is 0.0337 e. The summed E-state index contributed by atoms with van der Waals surface area (Å²) in [5, 5.41) is 3.51. The lowest BCUT2D eigenvalue weighted by Gasteiger charge is -2.21. The van der Waals surface area contributed by atoms with Crippen LogP contribution in [0.2, 0.25) is 0 Å². The smallest absolute Gasteiger partial charge is 0.0337 e. The Labute approximate surface area is 128 Å². The summed E-state index contributed by atoms with van der Waals surface area (Å²) in [4.78, 5) is 0. The number of hydrogen-bond donors (Lipinski definition) is 1. The van der Waals surface area contributed by atoms with Crippen LogP contribution >= 0.6 is 0 Å². The first-order valence-corrected chi connectivity index (χ1v) is 7.67. The first-order chi connectivity index (χ1) is 10.2. The molecule has 0 radical (unpaired) electrons. The third-order valence-electron chi connectivity index (χ3n) is 3.99. The number of hydrogen-bond acceptors (Lipinski definition) is 1. The van der Waals surface area contributed by atoms with E-state index in [2.05, 4.69) is 73.5 Å². The molecule has 0 amide bonds. The Hall–Kier alpha value is -2.02. The van der Waals surface area contributed by atoms with Crippen molar-refractivity contribution < 1.29 is 0 Å². The Bertz CT molecular complexity index is 565. The van der Waals surface area contributed by atoms with Gasteiger partial charge in [-0.25, -0.2) is 0 Å². The van der Waals surface area contributed by atoms with Gasteiger partial charge in [0.15, 0.2) is 0 Å². The Morgan fingerprint density at radius 2 is 2.29 bits per heavy atom. The van der Waals surface area contributed by atoms with Gasteiger partial charge < -0.3 is 5.32 Å². The molecular formula is C20H25N. The van der Waals surface area contributed by atoms with Gasteiger partial charge in [0.05, 0.1) is 0 Å². The number of rotatable bonds is 7. The zero-order chi connectivity index (χ0) is 15.1. The maximum absolute atomic E-state index is 4.16. The lowest BCUT2D eigenvalue weighted by molar-refractivity contribution is 0.641. The predicted molar refractivity (Wildman–Crippen MR) is 92.9 cm³/mol. The molecule has 1 nitrogen and oxygen atoms in total. The zero-order valence-electron chi connectivity index (χ0n) is 13.1. The summed E-state index contributed by atoms with van der Waals surface area (Å²) in [7, 11) is 0. The van der Waals surface area contributed by atoms with Gasteiger partial charge in [-0.3, -0.25) is 0 Å². The molecule has 0 saturated heterocycles. The Kier molecular flexibility index (Phi) is 5.62. The topological polar surface area (TPSA) is 12.0 Å². The Morgan fingerprint density at radius 3 is 2.90 bits per heavy atom. The second-order valence-electron chi connectivity index (χ2n) is 5.52. The molecule has 0 spiro atoms. The second-order valence-corrected chi connectivity index (χ2v) is 5.52. The van der Waals surface area contributed by atoms with E-state index in [0.29, 0.717) is 5.92 Å². The van der Waals surface area contributed by atoms with E-state index >= 15 is 0 Å². The molecule has 0 fully saturated rings. The van der Waals surface area contributed by atoms with Crippen molar-refractivity contribution in [1.29, 1.82) is 0 Å². The van der Waals surface area contributed by atoms with Gasteiger partial charge in [-0.15, -0.1) is 0 Å². The van der Waals surface area contributed by atoms with Gasteiger partial charge in [-0.2, -0.15) is 0 Å². The lowest BCUT2D eigenvalue weighted by atomic mass is 9.90. The van der Waals surface area contributed by atoms with Gasteiger partial charge >= 0.3 is 0 Å². The van der Waals surface area contributed by atoms with Gasteiger partial charge in [0.2, 0.25) is 0 Å².